The van der Waals surface area contributed by atoms with Gasteiger partial charge in [0, 0.05) is 35.3 Å². The number of aromatic nitrogens is 2. The Morgan fingerprint density at radius 1 is 0.840 bits per heavy atom. The van der Waals surface area contributed by atoms with Crippen LogP contribution in [-0.4, -0.2) is 24.2 Å². The van der Waals surface area contributed by atoms with Crippen molar-refractivity contribution < 1.29 is 9.47 Å². The van der Waals surface area contributed by atoms with Gasteiger partial charge in [-0.2, -0.15) is 0 Å². The molecule has 0 aliphatic carbocycles. The molecule has 2 heterocycles. The summed E-state index contributed by atoms with van der Waals surface area (Å²) in [4.78, 5) is 9.15. The monoisotopic (exact) mass is 330 g/mol. The summed E-state index contributed by atoms with van der Waals surface area (Å²) in [6, 6.07) is 16.3. The molecule has 2 aromatic carbocycles. The van der Waals surface area contributed by atoms with Gasteiger partial charge in [0.25, 0.3) is 0 Å². The third-order valence-corrected chi connectivity index (χ3v) is 4.37. The molecule has 0 N–H and O–H groups in total. The minimum absolute atomic E-state index is 0.706. The second kappa shape index (κ2) is 6.40. The van der Waals surface area contributed by atoms with Crippen LogP contribution >= 0.6 is 0 Å². The van der Waals surface area contributed by atoms with Gasteiger partial charge in [-0.25, -0.2) is 0 Å². The van der Waals surface area contributed by atoms with E-state index in [4.69, 9.17) is 14.5 Å². The number of fused-ring (bicyclic) bond motifs is 2. The van der Waals surface area contributed by atoms with Crippen LogP contribution in [0.2, 0.25) is 0 Å². The molecular weight excluding hydrogens is 312 g/mol. The van der Waals surface area contributed by atoms with Gasteiger partial charge in [0.1, 0.15) is 0 Å². The fraction of sp³-hybridized carbons (Fsp3) is 0.143. The van der Waals surface area contributed by atoms with Gasteiger partial charge in [0.2, 0.25) is 0 Å². The molecule has 0 spiro atoms. The van der Waals surface area contributed by atoms with E-state index in [-0.39, 0.29) is 0 Å². The Balaban J connectivity index is 1.79. The molecule has 4 aromatic rings. The Bertz CT molecular complexity index is 1060. The van der Waals surface area contributed by atoms with Crippen LogP contribution in [0.4, 0.5) is 0 Å². The lowest BCUT2D eigenvalue weighted by molar-refractivity contribution is 0.356. The fourth-order valence-corrected chi connectivity index (χ4v) is 3.10. The van der Waals surface area contributed by atoms with Gasteiger partial charge in [-0.1, -0.05) is 24.3 Å². The van der Waals surface area contributed by atoms with Gasteiger partial charge in [0.05, 0.1) is 19.7 Å². The fourth-order valence-electron chi connectivity index (χ4n) is 3.10. The van der Waals surface area contributed by atoms with Crippen LogP contribution in [-0.2, 0) is 6.42 Å². The first kappa shape index (κ1) is 15.4. The highest BCUT2D eigenvalue weighted by Crippen LogP contribution is 2.33. The molecule has 4 rings (SSSR count). The first-order chi connectivity index (χ1) is 12.3. The van der Waals surface area contributed by atoms with Crippen LogP contribution in [0.25, 0.3) is 21.7 Å². The maximum Gasteiger partial charge on any atom is 0.161 e. The first-order valence-electron chi connectivity index (χ1n) is 8.12. The molecule has 0 bridgehead atoms. The van der Waals surface area contributed by atoms with E-state index in [0.29, 0.717) is 17.9 Å². The smallest absolute Gasteiger partial charge is 0.161 e. The van der Waals surface area contributed by atoms with Crippen LogP contribution in [0.15, 0.2) is 60.9 Å². The predicted octanol–water partition coefficient (Wildman–Crippen LogP) is 4.39. The molecule has 0 saturated heterocycles. The number of para-hydroxylation sites is 1. The van der Waals surface area contributed by atoms with Crippen LogP contribution in [0, 0.1) is 0 Å². The van der Waals surface area contributed by atoms with Crippen molar-refractivity contribution in [1.82, 2.24) is 9.97 Å². The molecule has 0 radical (unpaired) electrons. The summed E-state index contributed by atoms with van der Waals surface area (Å²) in [6.07, 6.45) is 4.45. The SMILES string of the molecule is COc1cc2cncc(Cc3ccc4ccccc4n3)c2cc1OC. The number of pyridine rings is 2. The van der Waals surface area contributed by atoms with Crippen LogP contribution in [0.3, 0.4) is 0 Å². The van der Waals surface area contributed by atoms with Crippen molar-refractivity contribution in [2.24, 2.45) is 0 Å². The maximum atomic E-state index is 5.45. The van der Waals surface area contributed by atoms with Crippen LogP contribution in [0.1, 0.15) is 11.3 Å². The summed E-state index contributed by atoms with van der Waals surface area (Å²) in [5, 5.41) is 3.27. The van der Waals surface area contributed by atoms with Crippen molar-refractivity contribution in [2.45, 2.75) is 6.42 Å². The highest BCUT2D eigenvalue weighted by molar-refractivity contribution is 5.88. The number of rotatable bonds is 4. The minimum atomic E-state index is 0.706. The number of nitrogens with zero attached hydrogens (tertiary/aromatic N) is 2. The standard InChI is InChI=1S/C21H18N2O2/c1-24-20-10-16-13-22-12-15(18(16)11-21(20)25-2)9-17-8-7-14-5-3-4-6-19(14)23-17/h3-8,10-13H,9H2,1-2H3. The molecule has 0 amide bonds. The lowest BCUT2D eigenvalue weighted by atomic mass is 10.0. The molecule has 0 aliphatic heterocycles. The van der Waals surface area contributed by atoms with Gasteiger partial charge in [0.15, 0.2) is 11.5 Å². The summed E-state index contributed by atoms with van der Waals surface area (Å²) in [7, 11) is 3.29. The van der Waals surface area contributed by atoms with Gasteiger partial charge in [-0.3, -0.25) is 9.97 Å². The topological polar surface area (TPSA) is 44.2 Å². The van der Waals surface area contributed by atoms with Crippen LogP contribution in [0.5, 0.6) is 11.5 Å². The molecule has 0 fully saturated rings. The first-order valence-corrected chi connectivity index (χ1v) is 8.12. The Morgan fingerprint density at radius 3 is 2.48 bits per heavy atom. The molecule has 124 valence electrons. The van der Waals surface area contributed by atoms with Crippen molar-refractivity contribution in [3.8, 4) is 11.5 Å². The molecule has 0 aliphatic rings. The molecule has 0 unspecified atom stereocenters. The van der Waals surface area contributed by atoms with Gasteiger partial charge in [-0.15, -0.1) is 0 Å². The number of hydrogen-bond acceptors (Lipinski definition) is 4. The average Bonchev–Trinajstić information content (AvgIpc) is 2.67. The highest BCUT2D eigenvalue weighted by Gasteiger charge is 2.10. The molecule has 4 heteroatoms. The quantitative estimate of drug-likeness (QED) is 0.556. The predicted molar refractivity (Wildman–Crippen MR) is 99.4 cm³/mol. The Kier molecular flexibility index (Phi) is 3.94. The summed E-state index contributed by atoms with van der Waals surface area (Å²) in [5.41, 5.74) is 3.14. The zero-order valence-corrected chi connectivity index (χ0v) is 14.2. The second-order valence-corrected chi connectivity index (χ2v) is 5.90. The Labute approximate surface area is 146 Å². The minimum Gasteiger partial charge on any atom is -0.493 e. The zero-order valence-electron chi connectivity index (χ0n) is 14.2. The van der Waals surface area contributed by atoms with Crippen molar-refractivity contribution in [3.05, 3.63) is 72.2 Å². The van der Waals surface area contributed by atoms with Crippen molar-refractivity contribution in [3.63, 3.8) is 0 Å². The van der Waals surface area contributed by atoms with E-state index >= 15 is 0 Å². The zero-order chi connectivity index (χ0) is 17.2. The normalized spacial score (nSPS) is 11.0. The molecule has 0 saturated carbocycles. The molecule has 4 nitrogen and oxygen atoms in total. The number of ether oxygens (including phenoxy) is 2. The van der Waals surface area contributed by atoms with E-state index < -0.39 is 0 Å². The summed E-state index contributed by atoms with van der Waals surface area (Å²) in [6.45, 7) is 0. The lowest BCUT2D eigenvalue weighted by Gasteiger charge is -2.12. The van der Waals surface area contributed by atoms with Crippen molar-refractivity contribution in [2.75, 3.05) is 14.2 Å². The third-order valence-electron chi connectivity index (χ3n) is 4.37. The number of benzene rings is 2. The second-order valence-electron chi connectivity index (χ2n) is 5.90. The van der Waals surface area contributed by atoms with E-state index in [0.717, 1.165) is 32.9 Å². The van der Waals surface area contributed by atoms with Gasteiger partial charge < -0.3 is 9.47 Å². The van der Waals surface area contributed by atoms with E-state index in [2.05, 4.69) is 23.2 Å². The van der Waals surface area contributed by atoms with Gasteiger partial charge in [-0.05, 0) is 35.2 Å². The van der Waals surface area contributed by atoms with Crippen molar-refractivity contribution in [1.29, 1.82) is 0 Å². The summed E-state index contributed by atoms with van der Waals surface area (Å²) in [5.74, 6) is 1.42. The van der Waals surface area contributed by atoms with E-state index in [1.807, 2.05) is 42.7 Å². The Hall–Kier alpha value is -3.14. The van der Waals surface area contributed by atoms with E-state index in [9.17, 15) is 0 Å². The molecule has 0 atom stereocenters. The number of hydrogen-bond donors (Lipinski definition) is 0. The molecule has 25 heavy (non-hydrogen) atoms. The molecule has 2 aromatic heterocycles. The van der Waals surface area contributed by atoms with E-state index in [1.54, 1.807) is 14.2 Å². The largest absolute Gasteiger partial charge is 0.493 e. The van der Waals surface area contributed by atoms with E-state index in [1.165, 1.54) is 0 Å². The highest BCUT2D eigenvalue weighted by atomic mass is 16.5. The summed E-state index contributed by atoms with van der Waals surface area (Å²) >= 11 is 0. The van der Waals surface area contributed by atoms with Crippen molar-refractivity contribution >= 4 is 21.7 Å². The maximum absolute atomic E-state index is 5.45. The lowest BCUT2D eigenvalue weighted by Crippen LogP contribution is -1.96. The number of methoxy groups -OCH3 is 2. The average molecular weight is 330 g/mol. The third kappa shape index (κ3) is 2.87. The van der Waals surface area contributed by atoms with Gasteiger partial charge >= 0.3 is 0 Å². The Morgan fingerprint density at radius 2 is 1.64 bits per heavy atom. The summed E-state index contributed by atoms with van der Waals surface area (Å²) < 4.78 is 10.8. The molecular formula is C21H18N2O2. The van der Waals surface area contributed by atoms with Crippen LogP contribution < -0.4 is 9.47 Å².